The Bertz CT molecular complexity index is 418. The molecule has 0 spiro atoms. The van der Waals surface area contributed by atoms with Crippen molar-refractivity contribution < 1.29 is 9.90 Å². The van der Waals surface area contributed by atoms with E-state index in [0.29, 0.717) is 15.9 Å². The number of hydrogen-bond acceptors (Lipinski definition) is 1. The molecule has 0 atom stereocenters. The van der Waals surface area contributed by atoms with Crippen LogP contribution in [0.2, 0.25) is 5.02 Å². The van der Waals surface area contributed by atoms with Crippen molar-refractivity contribution in [1.29, 1.82) is 0 Å². The molecule has 0 saturated heterocycles. The predicted octanol–water partition coefficient (Wildman–Crippen LogP) is 2.78. The molecule has 1 aromatic carbocycles. The van der Waals surface area contributed by atoms with Gasteiger partial charge in [-0.2, -0.15) is 0 Å². The number of carbonyl (C=O) groups is 1. The van der Waals surface area contributed by atoms with Crippen LogP contribution in [0, 0.1) is 11.8 Å². The Balaban J connectivity index is 3.14. The van der Waals surface area contributed by atoms with Crippen LogP contribution in [0.15, 0.2) is 18.2 Å². The third-order valence-electron chi connectivity index (χ3n) is 1.50. The van der Waals surface area contributed by atoms with Gasteiger partial charge in [-0.25, -0.2) is 4.79 Å². The van der Waals surface area contributed by atoms with E-state index in [2.05, 4.69) is 27.8 Å². The van der Waals surface area contributed by atoms with E-state index in [1.54, 1.807) is 0 Å². The van der Waals surface area contributed by atoms with Crippen molar-refractivity contribution in [2.24, 2.45) is 0 Å². The number of hydrogen-bond donors (Lipinski definition) is 1. The van der Waals surface area contributed by atoms with Crippen LogP contribution >= 0.6 is 27.5 Å². The molecular formula is C10H6BrClO2. The quantitative estimate of drug-likeness (QED) is 0.631. The molecule has 0 aliphatic heterocycles. The van der Waals surface area contributed by atoms with Crippen LogP contribution in [-0.2, 0) is 0 Å². The van der Waals surface area contributed by atoms with Gasteiger partial charge in [-0.3, -0.25) is 0 Å². The lowest BCUT2D eigenvalue weighted by Crippen LogP contribution is -1.96. The molecule has 0 aromatic heterocycles. The van der Waals surface area contributed by atoms with Crippen molar-refractivity contribution in [3.63, 3.8) is 0 Å². The van der Waals surface area contributed by atoms with Gasteiger partial charge in [0.15, 0.2) is 0 Å². The van der Waals surface area contributed by atoms with Crippen LogP contribution in [-0.4, -0.2) is 16.4 Å². The number of rotatable bonds is 1. The molecule has 0 unspecified atom stereocenters. The Morgan fingerprint density at radius 1 is 1.57 bits per heavy atom. The summed E-state index contributed by atoms with van der Waals surface area (Å²) in [7, 11) is 0. The van der Waals surface area contributed by atoms with Crippen LogP contribution < -0.4 is 0 Å². The number of aromatic carboxylic acids is 1. The fraction of sp³-hybridized carbons (Fsp3) is 0.100. The Morgan fingerprint density at radius 3 is 2.86 bits per heavy atom. The fourth-order valence-corrected chi connectivity index (χ4v) is 1.19. The van der Waals surface area contributed by atoms with Crippen LogP contribution in [0.25, 0.3) is 0 Å². The monoisotopic (exact) mass is 272 g/mol. The van der Waals surface area contributed by atoms with Gasteiger partial charge in [-0.15, -0.1) is 0 Å². The zero-order valence-electron chi connectivity index (χ0n) is 7.05. The van der Waals surface area contributed by atoms with E-state index in [-0.39, 0.29) is 5.56 Å². The average Bonchev–Trinajstić information content (AvgIpc) is 2.16. The predicted molar refractivity (Wildman–Crippen MR) is 59.1 cm³/mol. The van der Waals surface area contributed by atoms with Gasteiger partial charge in [0.2, 0.25) is 0 Å². The fourth-order valence-electron chi connectivity index (χ4n) is 0.883. The van der Waals surface area contributed by atoms with E-state index in [9.17, 15) is 4.79 Å². The van der Waals surface area contributed by atoms with Gasteiger partial charge >= 0.3 is 5.97 Å². The van der Waals surface area contributed by atoms with E-state index < -0.39 is 5.97 Å². The minimum atomic E-state index is -0.983. The molecule has 0 radical (unpaired) electrons. The van der Waals surface area contributed by atoms with Crippen molar-refractivity contribution in [3.05, 3.63) is 34.3 Å². The number of benzene rings is 1. The topological polar surface area (TPSA) is 37.3 Å². The van der Waals surface area contributed by atoms with E-state index in [0.717, 1.165) is 0 Å². The smallest absolute Gasteiger partial charge is 0.335 e. The maximum Gasteiger partial charge on any atom is 0.335 e. The van der Waals surface area contributed by atoms with Crippen LogP contribution in [0.3, 0.4) is 0 Å². The maximum atomic E-state index is 10.6. The van der Waals surface area contributed by atoms with Gasteiger partial charge in [0.1, 0.15) is 0 Å². The Hall–Kier alpha value is -0.980. The standard InChI is InChI=1S/C10H6BrClO2/c11-5-1-2-7-6-8(10(13)14)3-4-9(7)12/h3-4,6H,5H2,(H,13,14). The molecule has 1 rings (SSSR count). The van der Waals surface area contributed by atoms with Crippen molar-refractivity contribution in [3.8, 4) is 11.8 Å². The molecule has 2 nitrogen and oxygen atoms in total. The average molecular weight is 274 g/mol. The lowest BCUT2D eigenvalue weighted by atomic mass is 10.1. The number of carboxylic acids is 1. The summed E-state index contributed by atoms with van der Waals surface area (Å²) in [5.74, 6) is 4.54. The highest BCUT2D eigenvalue weighted by Gasteiger charge is 2.05. The van der Waals surface area contributed by atoms with Gasteiger partial charge in [-0.05, 0) is 18.2 Å². The summed E-state index contributed by atoms with van der Waals surface area (Å²) < 4.78 is 0. The number of alkyl halides is 1. The number of carboxylic acid groups (broad SMARTS) is 1. The molecule has 0 aliphatic carbocycles. The second-order valence-corrected chi connectivity index (χ2v) is 3.40. The zero-order valence-corrected chi connectivity index (χ0v) is 9.39. The second kappa shape index (κ2) is 5.04. The summed E-state index contributed by atoms with van der Waals surface area (Å²) in [6, 6.07) is 4.44. The first-order valence-corrected chi connectivity index (χ1v) is 5.22. The first-order valence-electron chi connectivity index (χ1n) is 3.73. The summed E-state index contributed by atoms with van der Waals surface area (Å²) in [6.07, 6.45) is 0. The molecule has 4 heteroatoms. The van der Waals surface area contributed by atoms with Crippen molar-refractivity contribution >= 4 is 33.5 Å². The van der Waals surface area contributed by atoms with Crippen LogP contribution in [0.5, 0.6) is 0 Å². The normalized spacial score (nSPS) is 9.00. The summed E-state index contributed by atoms with van der Waals surface area (Å²) in [4.78, 5) is 10.6. The molecule has 0 fully saturated rings. The largest absolute Gasteiger partial charge is 0.478 e. The van der Waals surface area contributed by atoms with Gasteiger partial charge in [0, 0.05) is 5.56 Å². The minimum absolute atomic E-state index is 0.188. The van der Waals surface area contributed by atoms with E-state index in [1.165, 1.54) is 18.2 Å². The molecule has 0 aliphatic rings. The highest BCUT2D eigenvalue weighted by Crippen LogP contribution is 2.16. The molecule has 0 saturated carbocycles. The molecular weight excluding hydrogens is 267 g/mol. The van der Waals surface area contributed by atoms with Gasteiger partial charge in [-0.1, -0.05) is 39.4 Å². The molecule has 1 aromatic rings. The molecule has 72 valence electrons. The maximum absolute atomic E-state index is 10.6. The summed E-state index contributed by atoms with van der Waals surface area (Å²) in [6.45, 7) is 0. The molecule has 0 heterocycles. The Kier molecular flexibility index (Phi) is 3.99. The van der Waals surface area contributed by atoms with Crippen molar-refractivity contribution in [2.75, 3.05) is 5.33 Å². The highest BCUT2D eigenvalue weighted by atomic mass is 79.9. The third-order valence-corrected chi connectivity index (χ3v) is 2.11. The molecule has 14 heavy (non-hydrogen) atoms. The number of halogens is 2. The lowest BCUT2D eigenvalue weighted by molar-refractivity contribution is 0.0697. The first-order chi connectivity index (χ1) is 6.65. The Morgan fingerprint density at radius 2 is 2.29 bits per heavy atom. The molecule has 0 amide bonds. The van der Waals surface area contributed by atoms with E-state index in [4.69, 9.17) is 16.7 Å². The zero-order chi connectivity index (χ0) is 10.6. The van der Waals surface area contributed by atoms with Gasteiger partial charge in [0.05, 0.1) is 15.9 Å². The highest BCUT2D eigenvalue weighted by molar-refractivity contribution is 9.09. The molecule has 1 N–H and O–H groups in total. The van der Waals surface area contributed by atoms with Gasteiger partial charge < -0.3 is 5.11 Å². The molecule has 0 bridgehead atoms. The lowest BCUT2D eigenvalue weighted by Gasteiger charge is -1.97. The van der Waals surface area contributed by atoms with Crippen molar-refractivity contribution in [2.45, 2.75) is 0 Å². The van der Waals surface area contributed by atoms with Crippen LogP contribution in [0.1, 0.15) is 15.9 Å². The minimum Gasteiger partial charge on any atom is -0.478 e. The van der Waals surface area contributed by atoms with Gasteiger partial charge in [0.25, 0.3) is 0 Å². The summed E-state index contributed by atoms with van der Waals surface area (Å²) in [5, 5.41) is 9.71. The third kappa shape index (κ3) is 2.76. The second-order valence-electron chi connectivity index (χ2n) is 2.44. The van der Waals surface area contributed by atoms with E-state index >= 15 is 0 Å². The SMILES string of the molecule is O=C(O)c1ccc(Cl)c(C#CCBr)c1. The van der Waals surface area contributed by atoms with E-state index in [1.807, 2.05) is 0 Å². The summed E-state index contributed by atoms with van der Waals surface area (Å²) in [5.41, 5.74) is 0.722. The first kappa shape index (κ1) is 11.1. The van der Waals surface area contributed by atoms with Crippen molar-refractivity contribution in [1.82, 2.24) is 0 Å². The van der Waals surface area contributed by atoms with Crippen LogP contribution in [0.4, 0.5) is 0 Å². The summed E-state index contributed by atoms with van der Waals surface area (Å²) >= 11 is 8.97. The Labute approximate surface area is 95.0 Å².